The lowest BCUT2D eigenvalue weighted by atomic mass is 9.90. The van der Waals surface area contributed by atoms with Gasteiger partial charge in [-0.3, -0.25) is 0 Å². The Hall–Kier alpha value is -0.900. The summed E-state index contributed by atoms with van der Waals surface area (Å²) >= 11 is 0. The Morgan fingerprint density at radius 2 is 1.95 bits per heavy atom. The average Bonchev–Trinajstić information content (AvgIpc) is 2.50. The molecule has 0 radical (unpaired) electrons. The molecule has 112 valence electrons. The van der Waals surface area contributed by atoms with Gasteiger partial charge in [0.25, 0.3) is 0 Å². The zero-order valence-electron chi connectivity index (χ0n) is 12.6. The molecular formula is C17H28N2O. The molecule has 1 aromatic rings. The van der Waals surface area contributed by atoms with Crippen molar-refractivity contribution >= 4 is 0 Å². The number of likely N-dealkylation sites (N-methyl/N-ethyl adjacent to an activating group) is 1. The summed E-state index contributed by atoms with van der Waals surface area (Å²) in [6, 6.07) is 11.3. The Labute approximate surface area is 123 Å². The minimum absolute atomic E-state index is 0.274. The van der Waals surface area contributed by atoms with E-state index in [0.29, 0.717) is 6.04 Å². The summed E-state index contributed by atoms with van der Waals surface area (Å²) in [7, 11) is 1.99. The molecule has 1 atom stereocenters. The van der Waals surface area contributed by atoms with E-state index in [4.69, 9.17) is 5.11 Å². The zero-order chi connectivity index (χ0) is 14.2. The molecule has 1 unspecified atom stereocenters. The molecule has 0 aliphatic carbocycles. The molecule has 3 heteroatoms. The topological polar surface area (TPSA) is 35.5 Å². The molecule has 0 bridgehead atoms. The minimum Gasteiger partial charge on any atom is -0.396 e. The van der Waals surface area contributed by atoms with Gasteiger partial charge in [-0.05, 0) is 57.3 Å². The molecule has 0 amide bonds. The van der Waals surface area contributed by atoms with Crippen molar-refractivity contribution in [2.75, 3.05) is 33.3 Å². The number of rotatable bonds is 7. The van der Waals surface area contributed by atoms with Crippen LogP contribution in [0.4, 0.5) is 0 Å². The quantitative estimate of drug-likeness (QED) is 0.798. The third kappa shape index (κ3) is 4.89. The van der Waals surface area contributed by atoms with E-state index in [2.05, 4.69) is 40.5 Å². The highest BCUT2D eigenvalue weighted by atomic mass is 16.3. The molecule has 1 saturated heterocycles. The van der Waals surface area contributed by atoms with E-state index in [1.54, 1.807) is 0 Å². The van der Waals surface area contributed by atoms with Crippen molar-refractivity contribution in [2.45, 2.75) is 31.7 Å². The first-order valence-corrected chi connectivity index (χ1v) is 7.86. The number of aliphatic hydroxyl groups is 1. The van der Waals surface area contributed by atoms with Gasteiger partial charge in [-0.1, -0.05) is 30.3 Å². The van der Waals surface area contributed by atoms with E-state index in [1.165, 1.54) is 37.9 Å². The van der Waals surface area contributed by atoms with Crippen LogP contribution in [0.3, 0.4) is 0 Å². The fourth-order valence-corrected chi connectivity index (χ4v) is 3.11. The molecule has 1 aromatic carbocycles. The fraction of sp³-hybridized carbons (Fsp3) is 0.647. The highest BCUT2D eigenvalue weighted by molar-refractivity contribution is 5.15. The number of aliphatic hydroxyl groups excluding tert-OH is 1. The predicted molar refractivity (Wildman–Crippen MR) is 83.9 cm³/mol. The van der Waals surface area contributed by atoms with Crippen LogP contribution in [0.5, 0.6) is 0 Å². The van der Waals surface area contributed by atoms with E-state index in [9.17, 15) is 0 Å². The van der Waals surface area contributed by atoms with Gasteiger partial charge in [0.2, 0.25) is 0 Å². The first-order chi connectivity index (χ1) is 9.81. The minimum atomic E-state index is 0.274. The number of piperidine rings is 1. The Kier molecular flexibility index (Phi) is 6.51. The van der Waals surface area contributed by atoms with Crippen LogP contribution < -0.4 is 5.32 Å². The van der Waals surface area contributed by atoms with Crippen LogP contribution in [0.2, 0.25) is 0 Å². The molecule has 1 aliphatic heterocycles. The van der Waals surface area contributed by atoms with Gasteiger partial charge >= 0.3 is 0 Å². The molecule has 0 spiro atoms. The van der Waals surface area contributed by atoms with Crippen molar-refractivity contribution in [1.29, 1.82) is 0 Å². The van der Waals surface area contributed by atoms with Gasteiger partial charge in [-0.25, -0.2) is 0 Å². The summed E-state index contributed by atoms with van der Waals surface area (Å²) in [4.78, 5) is 2.54. The van der Waals surface area contributed by atoms with Gasteiger partial charge in [0.1, 0.15) is 0 Å². The van der Waals surface area contributed by atoms with E-state index in [0.717, 1.165) is 18.9 Å². The Morgan fingerprint density at radius 1 is 1.25 bits per heavy atom. The molecule has 2 rings (SSSR count). The lowest BCUT2D eigenvalue weighted by Gasteiger charge is -2.34. The second-order valence-electron chi connectivity index (χ2n) is 5.93. The molecule has 1 fully saturated rings. The van der Waals surface area contributed by atoms with Gasteiger partial charge in [-0.15, -0.1) is 0 Å². The number of hydrogen-bond donors (Lipinski definition) is 2. The van der Waals surface area contributed by atoms with Crippen molar-refractivity contribution in [3.8, 4) is 0 Å². The van der Waals surface area contributed by atoms with Gasteiger partial charge in [0.05, 0.1) is 0 Å². The normalized spacial score (nSPS) is 19.1. The van der Waals surface area contributed by atoms with E-state index < -0.39 is 0 Å². The standard InChI is InChI=1S/C17H28N2O/c1-18-17(9-12-20)14-19-10-7-16(8-11-19)13-15-5-3-2-4-6-15/h2-6,16-18,20H,7-14H2,1H3. The van der Waals surface area contributed by atoms with E-state index >= 15 is 0 Å². The van der Waals surface area contributed by atoms with Crippen LogP contribution in [-0.4, -0.2) is 49.3 Å². The van der Waals surface area contributed by atoms with Crippen LogP contribution in [0.25, 0.3) is 0 Å². The summed E-state index contributed by atoms with van der Waals surface area (Å²) in [5, 5.41) is 12.3. The fourth-order valence-electron chi connectivity index (χ4n) is 3.11. The monoisotopic (exact) mass is 276 g/mol. The maximum absolute atomic E-state index is 9.04. The lowest BCUT2D eigenvalue weighted by molar-refractivity contribution is 0.158. The Balaban J connectivity index is 1.72. The Morgan fingerprint density at radius 3 is 2.55 bits per heavy atom. The van der Waals surface area contributed by atoms with Crippen LogP contribution in [0.1, 0.15) is 24.8 Å². The van der Waals surface area contributed by atoms with Crippen molar-refractivity contribution in [3.05, 3.63) is 35.9 Å². The Bertz CT molecular complexity index is 361. The summed E-state index contributed by atoms with van der Waals surface area (Å²) < 4.78 is 0. The molecule has 20 heavy (non-hydrogen) atoms. The third-order valence-corrected chi connectivity index (χ3v) is 4.44. The zero-order valence-corrected chi connectivity index (χ0v) is 12.6. The third-order valence-electron chi connectivity index (χ3n) is 4.44. The van der Waals surface area contributed by atoms with Crippen molar-refractivity contribution in [3.63, 3.8) is 0 Å². The van der Waals surface area contributed by atoms with E-state index in [1.807, 2.05) is 7.05 Å². The maximum atomic E-state index is 9.04. The average molecular weight is 276 g/mol. The summed E-state index contributed by atoms with van der Waals surface area (Å²) in [6.07, 6.45) is 4.66. The predicted octanol–water partition coefficient (Wildman–Crippen LogP) is 1.91. The van der Waals surface area contributed by atoms with Crippen molar-refractivity contribution in [2.24, 2.45) is 5.92 Å². The SMILES string of the molecule is CNC(CCO)CN1CCC(Cc2ccccc2)CC1. The highest BCUT2D eigenvalue weighted by Crippen LogP contribution is 2.21. The highest BCUT2D eigenvalue weighted by Gasteiger charge is 2.21. The number of benzene rings is 1. The van der Waals surface area contributed by atoms with Crippen molar-refractivity contribution in [1.82, 2.24) is 10.2 Å². The second kappa shape index (κ2) is 8.40. The first-order valence-electron chi connectivity index (χ1n) is 7.86. The molecule has 0 saturated carbocycles. The smallest absolute Gasteiger partial charge is 0.0446 e. The van der Waals surface area contributed by atoms with Crippen LogP contribution in [-0.2, 0) is 6.42 Å². The number of hydrogen-bond acceptors (Lipinski definition) is 3. The van der Waals surface area contributed by atoms with Crippen LogP contribution >= 0.6 is 0 Å². The van der Waals surface area contributed by atoms with Gasteiger partial charge in [0.15, 0.2) is 0 Å². The van der Waals surface area contributed by atoms with Gasteiger partial charge in [-0.2, -0.15) is 0 Å². The number of likely N-dealkylation sites (tertiary alicyclic amines) is 1. The van der Waals surface area contributed by atoms with Crippen LogP contribution in [0, 0.1) is 5.92 Å². The largest absolute Gasteiger partial charge is 0.396 e. The molecule has 2 N–H and O–H groups in total. The molecule has 1 aliphatic rings. The van der Waals surface area contributed by atoms with Gasteiger partial charge < -0.3 is 15.3 Å². The molecule has 1 heterocycles. The number of nitrogens with one attached hydrogen (secondary N) is 1. The first kappa shape index (κ1) is 15.5. The van der Waals surface area contributed by atoms with Crippen LogP contribution in [0.15, 0.2) is 30.3 Å². The summed E-state index contributed by atoms with van der Waals surface area (Å²) in [5.74, 6) is 0.833. The summed E-state index contributed by atoms with van der Waals surface area (Å²) in [5.41, 5.74) is 1.47. The summed E-state index contributed by atoms with van der Waals surface area (Å²) in [6.45, 7) is 3.73. The van der Waals surface area contributed by atoms with Crippen molar-refractivity contribution < 1.29 is 5.11 Å². The lowest BCUT2D eigenvalue weighted by Crippen LogP contribution is -2.43. The molecule has 0 aromatic heterocycles. The maximum Gasteiger partial charge on any atom is 0.0446 e. The number of nitrogens with zero attached hydrogens (tertiary/aromatic N) is 1. The molecule has 3 nitrogen and oxygen atoms in total. The van der Waals surface area contributed by atoms with Gasteiger partial charge in [0, 0.05) is 19.2 Å². The second-order valence-corrected chi connectivity index (χ2v) is 5.93. The van der Waals surface area contributed by atoms with E-state index in [-0.39, 0.29) is 6.61 Å². The molecular weight excluding hydrogens is 248 g/mol.